The van der Waals surface area contributed by atoms with E-state index < -0.39 is 28.5 Å². The zero-order valence-electron chi connectivity index (χ0n) is 6.39. The Morgan fingerprint density at radius 2 is 2.25 bits per heavy atom. The predicted molar refractivity (Wildman–Crippen MR) is 40.2 cm³/mol. The Morgan fingerprint density at radius 3 is 2.67 bits per heavy atom. The number of esters is 1. The van der Waals surface area contributed by atoms with Crippen molar-refractivity contribution in [1.82, 2.24) is 0 Å². The number of carbonyl (C=O) groups excluding carboxylic acids is 1. The molecule has 12 heavy (non-hydrogen) atoms. The van der Waals surface area contributed by atoms with Crippen LogP contribution in [-0.4, -0.2) is 43.7 Å². The lowest BCUT2D eigenvalue weighted by Gasteiger charge is -2.07. The summed E-state index contributed by atoms with van der Waals surface area (Å²) in [4.78, 5) is 10.5. The molecular weight excluding hydrogens is 184 g/mol. The first-order valence-corrected chi connectivity index (χ1v) is 5.36. The van der Waals surface area contributed by atoms with Crippen molar-refractivity contribution in [2.45, 2.75) is 12.5 Å². The molecule has 0 spiro atoms. The molecule has 0 aromatic heterocycles. The van der Waals surface area contributed by atoms with E-state index in [0.717, 1.165) is 0 Å². The summed E-state index contributed by atoms with van der Waals surface area (Å²) in [5.41, 5.74) is 0. The first-order valence-electron chi connectivity index (χ1n) is 3.54. The molecule has 5 nitrogen and oxygen atoms in total. The standard InChI is InChI=1S/C6H10O5S/c7-3-6(8)11-5-1-2-12(9,10)4-5/h5,7H,1-4H2. The SMILES string of the molecule is O=C(CO)OC1CCS(=O)(=O)C1. The third-order valence-electron chi connectivity index (χ3n) is 1.62. The normalized spacial score (nSPS) is 26.9. The van der Waals surface area contributed by atoms with Gasteiger partial charge < -0.3 is 9.84 Å². The van der Waals surface area contributed by atoms with Crippen LogP contribution in [0.15, 0.2) is 0 Å². The minimum Gasteiger partial charge on any atom is -0.460 e. The first-order chi connectivity index (χ1) is 5.53. The Hall–Kier alpha value is -0.620. The summed E-state index contributed by atoms with van der Waals surface area (Å²) in [7, 11) is -3.01. The molecule has 70 valence electrons. The fourth-order valence-corrected chi connectivity index (χ4v) is 2.67. The zero-order valence-corrected chi connectivity index (χ0v) is 7.21. The fourth-order valence-electron chi connectivity index (χ4n) is 1.08. The van der Waals surface area contributed by atoms with Gasteiger partial charge in [0.05, 0.1) is 11.5 Å². The van der Waals surface area contributed by atoms with Crippen molar-refractivity contribution in [1.29, 1.82) is 0 Å². The Kier molecular flexibility index (Phi) is 2.69. The molecule has 1 aliphatic heterocycles. The lowest BCUT2D eigenvalue weighted by molar-refractivity contribution is -0.151. The highest BCUT2D eigenvalue weighted by molar-refractivity contribution is 7.91. The fraction of sp³-hybridized carbons (Fsp3) is 0.833. The molecule has 6 heteroatoms. The van der Waals surface area contributed by atoms with Gasteiger partial charge in [0.1, 0.15) is 12.7 Å². The zero-order chi connectivity index (χ0) is 9.19. The molecule has 0 aromatic rings. The van der Waals surface area contributed by atoms with Gasteiger partial charge in [0.2, 0.25) is 0 Å². The maximum atomic E-state index is 10.9. The molecule has 0 saturated carbocycles. The number of aliphatic hydroxyl groups is 1. The molecule has 1 N–H and O–H groups in total. The quantitative estimate of drug-likeness (QED) is 0.553. The van der Waals surface area contributed by atoms with Gasteiger partial charge in [-0.05, 0) is 6.42 Å². The lowest BCUT2D eigenvalue weighted by Crippen LogP contribution is -2.21. The van der Waals surface area contributed by atoms with Crippen molar-refractivity contribution in [3.05, 3.63) is 0 Å². The van der Waals surface area contributed by atoms with Crippen molar-refractivity contribution < 1.29 is 23.1 Å². The summed E-state index contributed by atoms with van der Waals surface area (Å²) in [5, 5.41) is 8.30. The van der Waals surface area contributed by atoms with Crippen LogP contribution in [0.1, 0.15) is 6.42 Å². The third-order valence-corrected chi connectivity index (χ3v) is 3.36. The van der Waals surface area contributed by atoms with Crippen LogP contribution in [0.3, 0.4) is 0 Å². The Bertz CT molecular complexity index is 268. The molecule has 1 unspecified atom stereocenters. The van der Waals surface area contributed by atoms with Crippen LogP contribution in [-0.2, 0) is 19.4 Å². The number of sulfone groups is 1. The van der Waals surface area contributed by atoms with Gasteiger partial charge in [-0.3, -0.25) is 0 Å². The van der Waals surface area contributed by atoms with Gasteiger partial charge in [-0.15, -0.1) is 0 Å². The maximum Gasteiger partial charge on any atom is 0.332 e. The molecule has 0 aliphatic carbocycles. The second-order valence-electron chi connectivity index (χ2n) is 2.67. The minimum absolute atomic E-state index is 0.0658. The molecular formula is C6H10O5S. The molecule has 1 heterocycles. The summed E-state index contributed by atoms with van der Waals surface area (Å²) < 4.78 is 26.3. The van der Waals surface area contributed by atoms with Crippen molar-refractivity contribution in [3.8, 4) is 0 Å². The maximum absolute atomic E-state index is 10.9. The van der Waals surface area contributed by atoms with E-state index in [0.29, 0.717) is 6.42 Å². The van der Waals surface area contributed by atoms with E-state index in [4.69, 9.17) is 5.11 Å². The van der Waals surface area contributed by atoms with E-state index in [1.165, 1.54) is 0 Å². The minimum atomic E-state index is -3.01. The van der Waals surface area contributed by atoms with Gasteiger partial charge in [-0.2, -0.15) is 0 Å². The predicted octanol–water partition coefficient (Wildman–Crippen LogP) is -1.29. The Morgan fingerprint density at radius 1 is 1.58 bits per heavy atom. The number of rotatable bonds is 2. The number of aliphatic hydroxyl groups excluding tert-OH is 1. The van der Waals surface area contributed by atoms with E-state index in [1.807, 2.05) is 0 Å². The molecule has 1 atom stereocenters. The van der Waals surface area contributed by atoms with Gasteiger partial charge >= 0.3 is 5.97 Å². The highest BCUT2D eigenvalue weighted by Gasteiger charge is 2.30. The van der Waals surface area contributed by atoms with Crippen molar-refractivity contribution in [2.75, 3.05) is 18.1 Å². The summed E-state index contributed by atoms with van der Waals surface area (Å²) in [5.74, 6) is -0.813. The van der Waals surface area contributed by atoms with Crippen LogP contribution in [0.2, 0.25) is 0 Å². The van der Waals surface area contributed by atoms with Crippen molar-refractivity contribution in [3.63, 3.8) is 0 Å². The molecule has 0 bridgehead atoms. The smallest absolute Gasteiger partial charge is 0.332 e. The van der Waals surface area contributed by atoms with Gasteiger partial charge in [-0.1, -0.05) is 0 Å². The highest BCUT2D eigenvalue weighted by atomic mass is 32.2. The van der Waals surface area contributed by atoms with E-state index in [2.05, 4.69) is 4.74 Å². The highest BCUT2D eigenvalue weighted by Crippen LogP contribution is 2.14. The Labute approximate surface area is 70.3 Å². The second kappa shape index (κ2) is 3.40. The van der Waals surface area contributed by atoms with Gasteiger partial charge in [-0.25, -0.2) is 13.2 Å². The van der Waals surface area contributed by atoms with Crippen LogP contribution in [0.4, 0.5) is 0 Å². The Balaban J connectivity index is 2.43. The number of ether oxygens (including phenoxy) is 1. The number of hydrogen-bond donors (Lipinski definition) is 1. The van der Waals surface area contributed by atoms with Gasteiger partial charge in [0.15, 0.2) is 9.84 Å². The molecule has 1 saturated heterocycles. The first kappa shape index (κ1) is 9.47. The largest absolute Gasteiger partial charge is 0.460 e. The van der Waals surface area contributed by atoms with Crippen LogP contribution in [0, 0.1) is 0 Å². The van der Waals surface area contributed by atoms with Crippen LogP contribution >= 0.6 is 0 Å². The summed E-state index contributed by atoms with van der Waals surface area (Å²) in [6.07, 6.45) is -0.219. The van der Waals surface area contributed by atoms with Crippen LogP contribution in [0.25, 0.3) is 0 Å². The molecule has 1 fully saturated rings. The molecule has 0 aromatic carbocycles. The van der Waals surface area contributed by atoms with Gasteiger partial charge in [0.25, 0.3) is 0 Å². The van der Waals surface area contributed by atoms with Crippen LogP contribution in [0.5, 0.6) is 0 Å². The monoisotopic (exact) mass is 194 g/mol. The van der Waals surface area contributed by atoms with E-state index in [9.17, 15) is 13.2 Å². The average molecular weight is 194 g/mol. The average Bonchev–Trinajstić information content (AvgIpc) is 2.30. The van der Waals surface area contributed by atoms with Gasteiger partial charge in [0, 0.05) is 0 Å². The van der Waals surface area contributed by atoms with E-state index in [-0.39, 0.29) is 11.5 Å². The second-order valence-corrected chi connectivity index (χ2v) is 4.90. The summed E-state index contributed by atoms with van der Waals surface area (Å²) in [6.45, 7) is -0.698. The number of carbonyl (C=O) groups is 1. The van der Waals surface area contributed by atoms with Crippen LogP contribution < -0.4 is 0 Å². The summed E-state index contributed by atoms with van der Waals surface area (Å²) >= 11 is 0. The topological polar surface area (TPSA) is 80.7 Å². The summed E-state index contributed by atoms with van der Waals surface area (Å²) in [6, 6.07) is 0. The third kappa shape index (κ3) is 2.46. The molecule has 1 rings (SSSR count). The van der Waals surface area contributed by atoms with E-state index in [1.54, 1.807) is 0 Å². The number of hydrogen-bond acceptors (Lipinski definition) is 5. The van der Waals surface area contributed by atoms with E-state index >= 15 is 0 Å². The molecule has 1 aliphatic rings. The molecule has 0 radical (unpaired) electrons. The lowest BCUT2D eigenvalue weighted by atomic mass is 10.3. The molecule has 0 amide bonds. The van der Waals surface area contributed by atoms with Crippen molar-refractivity contribution >= 4 is 15.8 Å². The van der Waals surface area contributed by atoms with Crippen molar-refractivity contribution in [2.24, 2.45) is 0 Å².